The number of hydrogen-bond acceptors (Lipinski definition) is 7. The maximum atomic E-state index is 13.8. The summed E-state index contributed by atoms with van der Waals surface area (Å²) in [6, 6.07) is 8.10. The van der Waals surface area contributed by atoms with Crippen LogP contribution < -0.4 is 14.4 Å². The molecule has 2 aliphatic rings. The van der Waals surface area contributed by atoms with Crippen molar-refractivity contribution in [2.45, 2.75) is 19.0 Å². The number of pyridine rings is 1. The van der Waals surface area contributed by atoms with E-state index in [-0.39, 0.29) is 5.91 Å². The number of imidazole rings is 1. The van der Waals surface area contributed by atoms with Crippen molar-refractivity contribution in [3.8, 4) is 11.5 Å². The molecule has 4 heterocycles. The Kier molecular flexibility index (Phi) is 7.33. The van der Waals surface area contributed by atoms with Gasteiger partial charge >= 0.3 is 6.18 Å². The quantitative estimate of drug-likeness (QED) is 0.264. The number of halogens is 3. The minimum absolute atomic E-state index is 0.161. The number of carbonyl (C=O) groups excluding carboxylic acids is 1. The van der Waals surface area contributed by atoms with Crippen LogP contribution in [0.1, 0.15) is 40.2 Å². The second kappa shape index (κ2) is 11.1. The van der Waals surface area contributed by atoms with Crippen LogP contribution >= 0.6 is 11.3 Å². The summed E-state index contributed by atoms with van der Waals surface area (Å²) in [6.07, 6.45) is 4.30. The number of hydrogen-bond donors (Lipinski definition) is 0. The summed E-state index contributed by atoms with van der Waals surface area (Å²) in [7, 11) is 1.61. The van der Waals surface area contributed by atoms with E-state index in [0.29, 0.717) is 72.4 Å². The molecular formula is C29H28F3N5O3S. The van der Waals surface area contributed by atoms with E-state index in [1.54, 1.807) is 16.4 Å². The van der Waals surface area contributed by atoms with E-state index in [2.05, 4.69) is 4.98 Å². The Hall–Kier alpha value is -4.06. The van der Waals surface area contributed by atoms with Crippen LogP contribution in [-0.4, -0.2) is 65.1 Å². The summed E-state index contributed by atoms with van der Waals surface area (Å²) in [5, 5.41) is 1.88. The van der Waals surface area contributed by atoms with Gasteiger partial charge in [-0.25, -0.2) is 9.97 Å². The van der Waals surface area contributed by atoms with E-state index in [9.17, 15) is 18.0 Å². The summed E-state index contributed by atoms with van der Waals surface area (Å²) in [5.74, 6) is 2.19. The third kappa shape index (κ3) is 5.74. The first kappa shape index (κ1) is 27.1. The molecule has 0 spiro atoms. The summed E-state index contributed by atoms with van der Waals surface area (Å²) in [4.78, 5) is 26.8. The highest BCUT2D eigenvalue weighted by molar-refractivity contribution is 7.15. The summed E-state index contributed by atoms with van der Waals surface area (Å²) >= 11 is 1.44. The Morgan fingerprint density at radius 1 is 1.12 bits per heavy atom. The lowest BCUT2D eigenvalue weighted by Crippen LogP contribution is -2.49. The third-order valence-electron chi connectivity index (χ3n) is 7.27. The zero-order valence-electron chi connectivity index (χ0n) is 22.3. The van der Waals surface area contributed by atoms with E-state index in [1.807, 2.05) is 46.8 Å². The number of carbonyl (C=O) groups is 1. The summed E-state index contributed by atoms with van der Waals surface area (Å²) in [6.45, 7) is 2.34. The van der Waals surface area contributed by atoms with E-state index in [1.165, 1.54) is 30.2 Å². The van der Waals surface area contributed by atoms with Gasteiger partial charge in [0.05, 0.1) is 25.0 Å². The van der Waals surface area contributed by atoms with Crippen molar-refractivity contribution in [1.82, 2.24) is 19.3 Å². The number of nitrogens with zero attached hydrogens (tertiary/aromatic N) is 5. The molecule has 1 saturated heterocycles. The first-order valence-electron chi connectivity index (χ1n) is 13.3. The predicted octanol–water partition coefficient (Wildman–Crippen LogP) is 5.74. The molecule has 1 saturated carbocycles. The molecular weight excluding hydrogens is 555 g/mol. The molecule has 1 aliphatic carbocycles. The molecule has 1 amide bonds. The van der Waals surface area contributed by atoms with Crippen LogP contribution in [0.5, 0.6) is 11.5 Å². The molecule has 214 valence electrons. The fourth-order valence-electron chi connectivity index (χ4n) is 4.79. The van der Waals surface area contributed by atoms with Crippen LogP contribution in [0, 0.1) is 5.92 Å². The van der Waals surface area contributed by atoms with Gasteiger partial charge in [0.2, 0.25) is 0 Å². The average molecular weight is 584 g/mol. The van der Waals surface area contributed by atoms with Crippen LogP contribution in [0.4, 0.5) is 19.0 Å². The van der Waals surface area contributed by atoms with Crippen molar-refractivity contribution < 1.29 is 27.4 Å². The Balaban J connectivity index is 1.20. The van der Waals surface area contributed by atoms with Crippen LogP contribution in [-0.2, 0) is 6.18 Å². The Morgan fingerprint density at radius 2 is 1.93 bits per heavy atom. The predicted molar refractivity (Wildman–Crippen MR) is 151 cm³/mol. The maximum absolute atomic E-state index is 13.8. The molecule has 6 rings (SSSR count). The Bertz CT molecular complexity index is 1570. The number of alkyl halides is 3. The Labute approximate surface area is 238 Å². The first-order chi connectivity index (χ1) is 19.8. The lowest BCUT2D eigenvalue weighted by molar-refractivity contribution is -0.137. The average Bonchev–Trinajstić information content (AvgIpc) is 3.59. The van der Waals surface area contributed by atoms with Gasteiger partial charge in [-0.2, -0.15) is 13.2 Å². The number of anilines is 1. The van der Waals surface area contributed by atoms with Crippen molar-refractivity contribution in [1.29, 1.82) is 0 Å². The second-order valence-electron chi connectivity index (χ2n) is 10.0. The molecule has 1 aromatic carbocycles. The number of aromatic nitrogens is 3. The lowest BCUT2D eigenvalue weighted by Gasteiger charge is -2.35. The van der Waals surface area contributed by atoms with Crippen LogP contribution in [0.3, 0.4) is 0 Å². The number of methoxy groups -OCH3 is 1. The number of fused-ring (bicyclic) bond motifs is 1. The van der Waals surface area contributed by atoms with Crippen molar-refractivity contribution in [3.05, 3.63) is 70.6 Å². The smallest absolute Gasteiger partial charge is 0.417 e. The first-order valence-corrected chi connectivity index (χ1v) is 14.2. The summed E-state index contributed by atoms with van der Waals surface area (Å²) < 4.78 is 52.2. The van der Waals surface area contributed by atoms with Gasteiger partial charge in [-0.1, -0.05) is 12.1 Å². The Morgan fingerprint density at radius 3 is 2.61 bits per heavy atom. The minimum atomic E-state index is -4.43. The van der Waals surface area contributed by atoms with Gasteiger partial charge in [-0.15, -0.1) is 11.3 Å². The van der Waals surface area contributed by atoms with E-state index in [4.69, 9.17) is 14.5 Å². The van der Waals surface area contributed by atoms with E-state index < -0.39 is 11.7 Å². The zero-order valence-corrected chi connectivity index (χ0v) is 23.1. The highest BCUT2D eigenvalue weighted by atomic mass is 32.1. The molecule has 2 fully saturated rings. The fraction of sp³-hybridized carbons (Fsp3) is 0.345. The van der Waals surface area contributed by atoms with Gasteiger partial charge in [0.25, 0.3) is 5.91 Å². The fourth-order valence-corrected chi connectivity index (χ4v) is 5.52. The molecule has 8 nitrogen and oxygen atoms in total. The molecule has 0 atom stereocenters. The molecule has 12 heteroatoms. The zero-order chi connectivity index (χ0) is 28.6. The van der Waals surface area contributed by atoms with Crippen molar-refractivity contribution in [2.75, 3.05) is 44.8 Å². The highest BCUT2D eigenvalue weighted by Gasteiger charge is 2.32. The van der Waals surface area contributed by atoms with Gasteiger partial charge in [0, 0.05) is 49.5 Å². The molecule has 0 radical (unpaired) electrons. The number of rotatable bonds is 8. The minimum Gasteiger partial charge on any atom is -0.493 e. The molecule has 0 N–H and O–H groups in total. The maximum Gasteiger partial charge on any atom is 0.417 e. The lowest BCUT2D eigenvalue weighted by atomic mass is 10.1. The number of thiazole rings is 1. The van der Waals surface area contributed by atoms with Gasteiger partial charge in [-0.3, -0.25) is 9.20 Å². The van der Waals surface area contributed by atoms with E-state index in [0.717, 1.165) is 17.8 Å². The van der Waals surface area contributed by atoms with Crippen LogP contribution in [0.15, 0.2) is 48.1 Å². The standard InChI is InChI=1S/C29H28F3N5O3S/c1-39-23-4-2-3-20(26(23)40-18-19-5-6-19)7-9-22-25(37-15-16-41-28(37)34-22)27(38)36-13-11-35(12-14-36)24-10-8-21(17-33-24)29(30,31)32/h2-4,7-10,15-17,19H,5-6,11-14,18H2,1H3/b9-7+. The van der Waals surface area contributed by atoms with Gasteiger partial charge in [-0.05, 0) is 49.1 Å². The third-order valence-corrected chi connectivity index (χ3v) is 8.02. The molecule has 1 aliphatic heterocycles. The number of amides is 1. The highest BCUT2D eigenvalue weighted by Crippen LogP contribution is 2.36. The largest absolute Gasteiger partial charge is 0.493 e. The van der Waals surface area contributed by atoms with Gasteiger partial charge < -0.3 is 19.3 Å². The topological polar surface area (TPSA) is 72.2 Å². The number of piperazine rings is 1. The monoisotopic (exact) mass is 583 g/mol. The van der Waals surface area contributed by atoms with Gasteiger partial charge in [0.1, 0.15) is 11.5 Å². The van der Waals surface area contributed by atoms with E-state index >= 15 is 0 Å². The van der Waals surface area contributed by atoms with Crippen molar-refractivity contribution >= 4 is 40.2 Å². The van der Waals surface area contributed by atoms with Gasteiger partial charge in [0.15, 0.2) is 16.5 Å². The SMILES string of the molecule is COc1cccc(/C=C/c2nc3sccn3c2C(=O)N2CCN(c3ccc(C(F)(F)F)cn3)CC2)c1OCC1CC1. The number of ether oxygens (including phenoxy) is 2. The normalized spacial score (nSPS) is 16.1. The molecule has 0 bridgehead atoms. The molecule has 41 heavy (non-hydrogen) atoms. The second-order valence-corrected chi connectivity index (χ2v) is 10.9. The number of benzene rings is 1. The van der Waals surface area contributed by atoms with Crippen LogP contribution in [0.25, 0.3) is 17.1 Å². The molecule has 4 aromatic rings. The van der Waals surface area contributed by atoms with Crippen molar-refractivity contribution in [3.63, 3.8) is 0 Å². The molecule has 3 aromatic heterocycles. The van der Waals surface area contributed by atoms with Crippen LogP contribution in [0.2, 0.25) is 0 Å². The van der Waals surface area contributed by atoms with Crippen molar-refractivity contribution in [2.24, 2.45) is 5.92 Å². The molecule has 0 unspecified atom stereocenters. The summed E-state index contributed by atoms with van der Waals surface area (Å²) in [5.41, 5.74) is 1.05. The number of para-hydroxylation sites is 1.